The predicted octanol–water partition coefficient (Wildman–Crippen LogP) is 2.52. The van der Waals surface area contributed by atoms with E-state index < -0.39 is 0 Å². The zero-order chi connectivity index (χ0) is 14.6. The van der Waals surface area contributed by atoms with Crippen molar-refractivity contribution in [1.82, 2.24) is 5.32 Å². The average molecular weight is 279 g/mol. The first-order valence-electron chi connectivity index (χ1n) is 7.24. The minimum Gasteiger partial charge on any atom is -0.493 e. The molecule has 0 heterocycles. The van der Waals surface area contributed by atoms with Gasteiger partial charge in [-0.2, -0.15) is 0 Å². The molecule has 1 aliphatic rings. The monoisotopic (exact) mass is 279 g/mol. The number of hydrogen-bond acceptors (Lipinski definition) is 4. The van der Waals surface area contributed by atoms with Crippen LogP contribution in [0.3, 0.4) is 0 Å². The van der Waals surface area contributed by atoms with Gasteiger partial charge in [-0.25, -0.2) is 0 Å². The molecule has 0 amide bonds. The van der Waals surface area contributed by atoms with Crippen LogP contribution in [0.2, 0.25) is 0 Å². The van der Waals surface area contributed by atoms with Crippen molar-refractivity contribution in [2.45, 2.75) is 32.2 Å². The first-order chi connectivity index (χ1) is 9.68. The Morgan fingerprint density at radius 2 is 1.95 bits per heavy atom. The number of benzene rings is 1. The second-order valence-corrected chi connectivity index (χ2v) is 5.61. The largest absolute Gasteiger partial charge is 0.493 e. The van der Waals surface area contributed by atoms with E-state index in [4.69, 9.17) is 9.47 Å². The maximum absolute atomic E-state index is 9.39. The van der Waals surface area contributed by atoms with E-state index >= 15 is 0 Å². The molecule has 1 fully saturated rings. The first kappa shape index (κ1) is 15.1. The molecule has 20 heavy (non-hydrogen) atoms. The number of ether oxygens (including phenoxy) is 2. The molecule has 0 aromatic heterocycles. The maximum atomic E-state index is 9.39. The summed E-state index contributed by atoms with van der Waals surface area (Å²) in [6, 6.07) is 6.32. The molecule has 1 aromatic rings. The highest BCUT2D eigenvalue weighted by Gasteiger charge is 2.41. The summed E-state index contributed by atoms with van der Waals surface area (Å²) in [5, 5.41) is 13.0. The predicted molar refractivity (Wildman–Crippen MR) is 79.3 cm³/mol. The van der Waals surface area contributed by atoms with Crippen molar-refractivity contribution in [3.8, 4) is 11.5 Å². The Hall–Kier alpha value is -1.26. The molecule has 1 atom stereocenters. The molecule has 2 N–H and O–H groups in total. The molecular formula is C16H25NO3. The van der Waals surface area contributed by atoms with Crippen LogP contribution in [0, 0.1) is 5.41 Å². The van der Waals surface area contributed by atoms with Gasteiger partial charge in [0, 0.05) is 24.6 Å². The molecule has 4 nitrogen and oxygen atoms in total. The van der Waals surface area contributed by atoms with Gasteiger partial charge in [0.1, 0.15) is 0 Å². The lowest BCUT2D eigenvalue weighted by molar-refractivity contribution is 0.203. The number of aliphatic hydroxyl groups is 1. The van der Waals surface area contributed by atoms with E-state index in [2.05, 4.69) is 18.3 Å². The lowest BCUT2D eigenvalue weighted by Crippen LogP contribution is -2.30. The summed E-state index contributed by atoms with van der Waals surface area (Å²) >= 11 is 0. The van der Waals surface area contributed by atoms with Crippen molar-refractivity contribution in [3.63, 3.8) is 0 Å². The molecule has 1 saturated carbocycles. The number of nitrogens with one attached hydrogen (secondary N) is 1. The number of methoxy groups -OCH3 is 2. The van der Waals surface area contributed by atoms with Gasteiger partial charge in [0.2, 0.25) is 0 Å². The average Bonchev–Trinajstić information content (AvgIpc) is 3.28. The summed E-state index contributed by atoms with van der Waals surface area (Å²) in [6.07, 6.45) is 3.24. The highest BCUT2D eigenvalue weighted by molar-refractivity contribution is 5.43. The second kappa shape index (κ2) is 6.46. The lowest BCUT2D eigenvalue weighted by Gasteiger charge is -2.22. The van der Waals surface area contributed by atoms with Crippen LogP contribution in [0.25, 0.3) is 0 Å². The number of hydrogen-bond donors (Lipinski definition) is 2. The summed E-state index contributed by atoms with van der Waals surface area (Å²) in [5.74, 6) is 1.51. The molecular weight excluding hydrogens is 254 g/mol. The lowest BCUT2D eigenvalue weighted by atomic mass is 10.0. The van der Waals surface area contributed by atoms with Crippen LogP contribution in [-0.2, 0) is 0 Å². The summed E-state index contributed by atoms with van der Waals surface area (Å²) in [5.41, 5.74) is 1.32. The van der Waals surface area contributed by atoms with Crippen LogP contribution in [0.15, 0.2) is 18.2 Å². The maximum Gasteiger partial charge on any atom is 0.161 e. The fraction of sp³-hybridized carbons (Fsp3) is 0.625. The summed E-state index contributed by atoms with van der Waals surface area (Å²) in [6.45, 7) is 3.31. The quantitative estimate of drug-likeness (QED) is 0.768. The standard InChI is InChI=1S/C16H25NO3/c1-4-13(17-10-16(11-18)7-8-16)12-5-6-14(19-2)15(9-12)20-3/h5-6,9,13,17-18H,4,7-8,10-11H2,1-3H3. The third-order valence-electron chi connectivity index (χ3n) is 4.23. The molecule has 1 unspecified atom stereocenters. The molecule has 0 saturated heterocycles. The highest BCUT2D eigenvalue weighted by atomic mass is 16.5. The van der Waals surface area contributed by atoms with E-state index in [-0.39, 0.29) is 18.1 Å². The fourth-order valence-electron chi connectivity index (χ4n) is 2.47. The number of aliphatic hydroxyl groups excluding tert-OH is 1. The summed E-state index contributed by atoms with van der Waals surface area (Å²) < 4.78 is 10.6. The van der Waals surface area contributed by atoms with Gasteiger partial charge in [0.05, 0.1) is 14.2 Å². The zero-order valence-corrected chi connectivity index (χ0v) is 12.6. The van der Waals surface area contributed by atoms with E-state index in [1.165, 1.54) is 5.56 Å². The normalized spacial score (nSPS) is 17.6. The first-order valence-corrected chi connectivity index (χ1v) is 7.24. The molecule has 0 radical (unpaired) electrons. The van der Waals surface area contributed by atoms with Gasteiger partial charge >= 0.3 is 0 Å². The van der Waals surface area contributed by atoms with Crippen LogP contribution >= 0.6 is 0 Å². The molecule has 0 spiro atoms. The van der Waals surface area contributed by atoms with Gasteiger partial charge in [-0.1, -0.05) is 13.0 Å². The Morgan fingerprint density at radius 3 is 2.45 bits per heavy atom. The molecule has 4 heteroatoms. The van der Waals surface area contributed by atoms with E-state index in [0.717, 1.165) is 37.3 Å². The molecule has 1 aromatic carbocycles. The zero-order valence-electron chi connectivity index (χ0n) is 12.6. The molecule has 0 bridgehead atoms. The molecule has 112 valence electrons. The minimum atomic E-state index is 0.129. The van der Waals surface area contributed by atoms with Gasteiger partial charge in [-0.15, -0.1) is 0 Å². The number of rotatable bonds is 8. The minimum absolute atomic E-state index is 0.129. The summed E-state index contributed by atoms with van der Waals surface area (Å²) in [7, 11) is 3.30. The second-order valence-electron chi connectivity index (χ2n) is 5.61. The Morgan fingerprint density at radius 1 is 1.25 bits per heavy atom. The van der Waals surface area contributed by atoms with Crippen LogP contribution < -0.4 is 14.8 Å². The SMILES string of the molecule is CCC(NCC1(CO)CC1)c1ccc(OC)c(OC)c1. The van der Waals surface area contributed by atoms with Crippen molar-refractivity contribution in [2.75, 3.05) is 27.4 Å². The van der Waals surface area contributed by atoms with E-state index in [9.17, 15) is 5.11 Å². The third kappa shape index (κ3) is 3.25. The van der Waals surface area contributed by atoms with Crippen LogP contribution in [0.4, 0.5) is 0 Å². The third-order valence-corrected chi connectivity index (χ3v) is 4.23. The van der Waals surface area contributed by atoms with Crippen molar-refractivity contribution in [3.05, 3.63) is 23.8 Å². The van der Waals surface area contributed by atoms with Gasteiger partial charge in [0.15, 0.2) is 11.5 Å². The van der Waals surface area contributed by atoms with Gasteiger partial charge < -0.3 is 19.9 Å². The van der Waals surface area contributed by atoms with Gasteiger partial charge in [-0.05, 0) is 37.0 Å². The van der Waals surface area contributed by atoms with Crippen LogP contribution in [0.1, 0.15) is 37.8 Å². The Kier molecular flexibility index (Phi) is 4.89. The van der Waals surface area contributed by atoms with Gasteiger partial charge in [0.25, 0.3) is 0 Å². The highest BCUT2D eigenvalue weighted by Crippen LogP contribution is 2.44. The summed E-state index contributed by atoms with van der Waals surface area (Å²) in [4.78, 5) is 0. The van der Waals surface area contributed by atoms with Crippen molar-refractivity contribution < 1.29 is 14.6 Å². The van der Waals surface area contributed by atoms with E-state index in [1.807, 2.05) is 12.1 Å². The van der Waals surface area contributed by atoms with Crippen LogP contribution in [0.5, 0.6) is 11.5 Å². The van der Waals surface area contributed by atoms with Crippen molar-refractivity contribution in [2.24, 2.45) is 5.41 Å². The molecule has 1 aliphatic carbocycles. The Balaban J connectivity index is 2.06. The van der Waals surface area contributed by atoms with Crippen molar-refractivity contribution in [1.29, 1.82) is 0 Å². The molecule has 0 aliphatic heterocycles. The topological polar surface area (TPSA) is 50.7 Å². The van der Waals surface area contributed by atoms with Gasteiger partial charge in [-0.3, -0.25) is 0 Å². The Labute approximate surface area is 121 Å². The fourth-order valence-corrected chi connectivity index (χ4v) is 2.47. The van der Waals surface area contributed by atoms with Crippen molar-refractivity contribution >= 4 is 0 Å². The molecule has 2 rings (SSSR count). The Bertz CT molecular complexity index is 443. The van der Waals surface area contributed by atoms with E-state index in [0.29, 0.717) is 0 Å². The van der Waals surface area contributed by atoms with E-state index in [1.54, 1.807) is 14.2 Å². The van der Waals surface area contributed by atoms with Crippen LogP contribution in [-0.4, -0.2) is 32.5 Å². The smallest absolute Gasteiger partial charge is 0.161 e.